The average molecular weight is 428 g/mol. The monoisotopic (exact) mass is 427 g/mol. The van der Waals surface area contributed by atoms with Crippen molar-refractivity contribution in [1.29, 1.82) is 0 Å². The maximum Gasteiger partial charge on any atom is 0.227 e. The lowest BCUT2D eigenvalue weighted by atomic mass is 10.1. The first-order valence-corrected chi connectivity index (χ1v) is 10.8. The molecule has 2 aliphatic rings. The lowest BCUT2D eigenvalue weighted by molar-refractivity contribution is -0.126. The van der Waals surface area contributed by atoms with Crippen molar-refractivity contribution < 1.29 is 9.59 Å². The Balaban J connectivity index is 1.37. The van der Waals surface area contributed by atoms with Gasteiger partial charge in [0.05, 0.1) is 18.2 Å². The highest BCUT2D eigenvalue weighted by Gasteiger charge is 2.35. The molecule has 158 valence electrons. The molecule has 0 saturated carbocycles. The van der Waals surface area contributed by atoms with E-state index in [9.17, 15) is 9.59 Å². The Morgan fingerprint density at radius 3 is 2.63 bits per heavy atom. The first-order valence-electron chi connectivity index (χ1n) is 10.4. The van der Waals surface area contributed by atoms with E-state index in [1.54, 1.807) is 29.2 Å². The minimum absolute atomic E-state index is 0.0530. The van der Waals surface area contributed by atoms with Crippen LogP contribution in [0.3, 0.4) is 0 Å². The molecule has 1 N–H and O–H groups in total. The van der Waals surface area contributed by atoms with Gasteiger partial charge in [0.2, 0.25) is 17.8 Å². The second-order valence-corrected chi connectivity index (χ2v) is 8.38. The molecule has 0 aliphatic carbocycles. The Kier molecular flexibility index (Phi) is 6.18. The molecule has 2 aliphatic heterocycles. The molecule has 1 aromatic heterocycles. The standard InChI is InChI=1S/C22H26ClN5O2/c1-15-11-18(26-22(25-15)27-9-3-2-4-10-27)13-24-21(30)16-12-20(29)28(14-16)19-7-5-17(23)6-8-19/h5-8,11,16H,2-4,9-10,12-14H2,1H3,(H,24,30). The van der Waals surface area contributed by atoms with E-state index in [0.29, 0.717) is 18.1 Å². The van der Waals surface area contributed by atoms with E-state index in [2.05, 4.69) is 20.2 Å². The van der Waals surface area contributed by atoms with Crippen LogP contribution in [0.1, 0.15) is 37.1 Å². The zero-order valence-corrected chi connectivity index (χ0v) is 17.9. The molecule has 2 fully saturated rings. The van der Waals surface area contributed by atoms with Gasteiger partial charge < -0.3 is 15.1 Å². The van der Waals surface area contributed by atoms with Gasteiger partial charge in [-0.3, -0.25) is 9.59 Å². The smallest absolute Gasteiger partial charge is 0.227 e. The number of carbonyl (C=O) groups excluding carboxylic acids is 2. The zero-order chi connectivity index (χ0) is 21.1. The molecule has 1 aromatic carbocycles. The van der Waals surface area contributed by atoms with Gasteiger partial charge in [-0.1, -0.05) is 11.6 Å². The van der Waals surface area contributed by atoms with E-state index in [-0.39, 0.29) is 24.2 Å². The molecule has 2 saturated heterocycles. The third kappa shape index (κ3) is 4.73. The van der Waals surface area contributed by atoms with Crippen LogP contribution in [-0.4, -0.2) is 41.4 Å². The lowest BCUT2D eigenvalue weighted by Crippen LogP contribution is -2.34. The average Bonchev–Trinajstić information content (AvgIpc) is 3.14. The fourth-order valence-corrected chi connectivity index (χ4v) is 4.14. The van der Waals surface area contributed by atoms with Crippen LogP contribution in [-0.2, 0) is 16.1 Å². The van der Waals surface area contributed by atoms with Gasteiger partial charge in [-0.25, -0.2) is 9.97 Å². The summed E-state index contributed by atoms with van der Waals surface area (Å²) in [6.45, 7) is 4.59. The van der Waals surface area contributed by atoms with E-state index in [1.807, 2.05) is 13.0 Å². The van der Waals surface area contributed by atoms with Crippen LogP contribution in [0, 0.1) is 12.8 Å². The lowest BCUT2D eigenvalue weighted by Gasteiger charge is -2.27. The Morgan fingerprint density at radius 2 is 1.90 bits per heavy atom. The Bertz CT molecular complexity index is 928. The highest BCUT2D eigenvalue weighted by atomic mass is 35.5. The van der Waals surface area contributed by atoms with E-state index in [0.717, 1.165) is 49.0 Å². The predicted octanol–water partition coefficient (Wildman–Crippen LogP) is 3.10. The predicted molar refractivity (Wildman–Crippen MR) is 117 cm³/mol. The number of rotatable bonds is 5. The minimum Gasteiger partial charge on any atom is -0.350 e. The second-order valence-electron chi connectivity index (χ2n) is 7.95. The van der Waals surface area contributed by atoms with Crippen molar-refractivity contribution in [1.82, 2.24) is 15.3 Å². The number of nitrogens with one attached hydrogen (secondary N) is 1. The van der Waals surface area contributed by atoms with Gasteiger partial charge in [0, 0.05) is 42.5 Å². The van der Waals surface area contributed by atoms with E-state index >= 15 is 0 Å². The fraction of sp³-hybridized carbons (Fsp3) is 0.455. The van der Waals surface area contributed by atoms with E-state index in [1.165, 1.54) is 6.42 Å². The molecule has 30 heavy (non-hydrogen) atoms. The van der Waals surface area contributed by atoms with Crippen molar-refractivity contribution in [3.63, 3.8) is 0 Å². The number of amides is 2. The molecule has 3 heterocycles. The number of hydrogen-bond acceptors (Lipinski definition) is 5. The van der Waals surface area contributed by atoms with Crippen molar-refractivity contribution in [3.8, 4) is 0 Å². The number of anilines is 2. The first kappa shape index (κ1) is 20.6. The molecule has 8 heteroatoms. The van der Waals surface area contributed by atoms with Gasteiger partial charge in [-0.05, 0) is 56.5 Å². The van der Waals surface area contributed by atoms with Crippen LogP contribution >= 0.6 is 11.6 Å². The number of aromatic nitrogens is 2. The van der Waals surface area contributed by atoms with Gasteiger partial charge in [0.15, 0.2) is 0 Å². The topological polar surface area (TPSA) is 78.4 Å². The molecular formula is C22H26ClN5O2. The molecule has 1 unspecified atom stereocenters. The summed E-state index contributed by atoms with van der Waals surface area (Å²) in [5.41, 5.74) is 2.44. The van der Waals surface area contributed by atoms with Crippen molar-refractivity contribution in [2.45, 2.75) is 39.2 Å². The minimum atomic E-state index is -0.377. The first-order chi connectivity index (χ1) is 14.5. The summed E-state index contributed by atoms with van der Waals surface area (Å²) >= 11 is 5.92. The molecule has 0 spiro atoms. The molecule has 2 aromatic rings. The van der Waals surface area contributed by atoms with Crippen LogP contribution in [0.5, 0.6) is 0 Å². The molecule has 7 nitrogen and oxygen atoms in total. The van der Waals surface area contributed by atoms with E-state index in [4.69, 9.17) is 11.6 Å². The Hall–Kier alpha value is -2.67. The summed E-state index contributed by atoms with van der Waals surface area (Å²) in [5.74, 6) is 0.180. The molecule has 4 rings (SSSR count). The van der Waals surface area contributed by atoms with Crippen molar-refractivity contribution in [2.75, 3.05) is 29.4 Å². The Labute approximate surface area is 181 Å². The SMILES string of the molecule is Cc1cc(CNC(=O)C2CC(=O)N(c3ccc(Cl)cc3)C2)nc(N2CCCCC2)n1. The summed E-state index contributed by atoms with van der Waals surface area (Å²) in [6.07, 6.45) is 3.76. The molecule has 1 atom stereocenters. The number of benzene rings is 1. The van der Waals surface area contributed by atoms with Crippen LogP contribution in [0.25, 0.3) is 0 Å². The van der Waals surface area contributed by atoms with Crippen LogP contribution < -0.4 is 15.1 Å². The van der Waals surface area contributed by atoms with Gasteiger partial charge >= 0.3 is 0 Å². The van der Waals surface area contributed by atoms with Crippen molar-refractivity contribution in [3.05, 3.63) is 46.7 Å². The molecule has 2 amide bonds. The van der Waals surface area contributed by atoms with Crippen LogP contribution in [0.4, 0.5) is 11.6 Å². The van der Waals surface area contributed by atoms with Crippen LogP contribution in [0.15, 0.2) is 30.3 Å². The maximum atomic E-state index is 12.7. The summed E-state index contributed by atoms with van der Waals surface area (Å²) < 4.78 is 0. The van der Waals surface area contributed by atoms with Crippen molar-refractivity contribution >= 4 is 35.1 Å². The third-order valence-electron chi connectivity index (χ3n) is 5.61. The zero-order valence-electron chi connectivity index (χ0n) is 17.1. The van der Waals surface area contributed by atoms with Gasteiger partial charge in [0.1, 0.15) is 0 Å². The van der Waals surface area contributed by atoms with Crippen molar-refractivity contribution in [2.24, 2.45) is 5.92 Å². The maximum absolute atomic E-state index is 12.7. The quantitative estimate of drug-likeness (QED) is 0.793. The number of piperidine rings is 1. The normalized spacial score (nSPS) is 19.3. The summed E-state index contributed by atoms with van der Waals surface area (Å²) in [6, 6.07) is 8.98. The second kappa shape index (κ2) is 9.00. The number of nitrogens with zero attached hydrogens (tertiary/aromatic N) is 4. The van der Waals surface area contributed by atoms with Gasteiger partial charge in [-0.2, -0.15) is 0 Å². The Morgan fingerprint density at radius 1 is 1.17 bits per heavy atom. The summed E-state index contributed by atoms with van der Waals surface area (Å²) in [5, 5.41) is 3.57. The van der Waals surface area contributed by atoms with Gasteiger partial charge in [0.25, 0.3) is 0 Å². The number of hydrogen-bond donors (Lipinski definition) is 1. The highest BCUT2D eigenvalue weighted by Crippen LogP contribution is 2.26. The molecule has 0 radical (unpaired) electrons. The summed E-state index contributed by atoms with van der Waals surface area (Å²) in [4.78, 5) is 38.2. The van der Waals surface area contributed by atoms with Crippen LogP contribution in [0.2, 0.25) is 5.02 Å². The third-order valence-corrected chi connectivity index (χ3v) is 5.86. The summed E-state index contributed by atoms with van der Waals surface area (Å²) in [7, 11) is 0. The molecule has 0 bridgehead atoms. The highest BCUT2D eigenvalue weighted by molar-refractivity contribution is 6.30. The largest absolute Gasteiger partial charge is 0.350 e. The van der Waals surface area contributed by atoms with E-state index < -0.39 is 0 Å². The molecular weight excluding hydrogens is 402 g/mol. The number of carbonyl (C=O) groups is 2. The number of halogens is 1. The number of aryl methyl sites for hydroxylation is 1. The van der Waals surface area contributed by atoms with Gasteiger partial charge in [-0.15, -0.1) is 0 Å². The fourth-order valence-electron chi connectivity index (χ4n) is 4.02.